The lowest BCUT2D eigenvalue weighted by Gasteiger charge is -2.10. The second-order valence-electron chi connectivity index (χ2n) is 5.21. The van der Waals surface area contributed by atoms with E-state index in [0.717, 1.165) is 16.0 Å². The van der Waals surface area contributed by atoms with Crippen LogP contribution >= 0.6 is 11.8 Å². The molecule has 0 heterocycles. The number of benzene rings is 2. The Morgan fingerprint density at radius 3 is 2.54 bits per heavy atom. The molecule has 0 fully saturated rings. The highest BCUT2D eigenvalue weighted by atomic mass is 32.2. The molecule has 2 aromatic rings. The van der Waals surface area contributed by atoms with Gasteiger partial charge in [0.1, 0.15) is 5.75 Å². The molecular formula is C18H19F2NO2S. The van der Waals surface area contributed by atoms with Crippen LogP contribution in [-0.2, 0) is 6.42 Å². The van der Waals surface area contributed by atoms with Crippen LogP contribution in [0.1, 0.15) is 21.5 Å². The second-order valence-corrected chi connectivity index (χ2v) is 6.09. The molecule has 0 aromatic heterocycles. The molecule has 6 heteroatoms. The maximum Gasteiger partial charge on any atom is 0.387 e. The molecule has 0 saturated heterocycles. The molecule has 0 aliphatic heterocycles. The minimum atomic E-state index is -2.82. The molecule has 0 radical (unpaired) electrons. The van der Waals surface area contributed by atoms with E-state index in [0.29, 0.717) is 18.5 Å². The Balaban J connectivity index is 1.88. The quantitative estimate of drug-likeness (QED) is 0.756. The van der Waals surface area contributed by atoms with Crippen LogP contribution < -0.4 is 10.1 Å². The molecule has 3 nitrogen and oxygen atoms in total. The maximum absolute atomic E-state index is 12.3. The van der Waals surface area contributed by atoms with Gasteiger partial charge in [-0.1, -0.05) is 18.2 Å². The van der Waals surface area contributed by atoms with Crippen molar-refractivity contribution >= 4 is 17.7 Å². The molecule has 1 amide bonds. The maximum atomic E-state index is 12.3. The van der Waals surface area contributed by atoms with E-state index in [1.165, 1.54) is 12.1 Å². The molecule has 0 aliphatic carbocycles. The second kappa shape index (κ2) is 8.68. The Morgan fingerprint density at radius 2 is 1.92 bits per heavy atom. The molecule has 0 aliphatic rings. The van der Waals surface area contributed by atoms with Crippen LogP contribution in [0, 0.1) is 6.92 Å². The summed E-state index contributed by atoms with van der Waals surface area (Å²) in [5.41, 5.74) is 2.54. The van der Waals surface area contributed by atoms with Crippen LogP contribution in [0.15, 0.2) is 47.4 Å². The van der Waals surface area contributed by atoms with E-state index < -0.39 is 6.61 Å². The van der Waals surface area contributed by atoms with Gasteiger partial charge < -0.3 is 10.1 Å². The number of ether oxygens (including phenoxy) is 1. The first-order valence-corrected chi connectivity index (χ1v) is 8.68. The molecular weight excluding hydrogens is 332 g/mol. The fraction of sp³-hybridized carbons (Fsp3) is 0.278. The van der Waals surface area contributed by atoms with E-state index in [9.17, 15) is 13.6 Å². The average Bonchev–Trinajstić information content (AvgIpc) is 2.56. The average molecular weight is 351 g/mol. The molecule has 128 valence electrons. The van der Waals surface area contributed by atoms with E-state index in [-0.39, 0.29) is 11.7 Å². The summed E-state index contributed by atoms with van der Waals surface area (Å²) in [6.07, 6.45) is 2.58. The smallest absolute Gasteiger partial charge is 0.387 e. The number of halogens is 2. The lowest BCUT2D eigenvalue weighted by Crippen LogP contribution is -2.26. The fourth-order valence-electron chi connectivity index (χ4n) is 2.23. The first-order chi connectivity index (χ1) is 11.5. The fourth-order valence-corrected chi connectivity index (χ4v) is 2.67. The van der Waals surface area contributed by atoms with Crippen molar-refractivity contribution in [2.24, 2.45) is 0 Å². The molecule has 0 bridgehead atoms. The number of nitrogens with one attached hydrogen (secondary N) is 1. The van der Waals surface area contributed by atoms with Crippen molar-refractivity contribution in [2.75, 3.05) is 12.8 Å². The Morgan fingerprint density at radius 1 is 1.21 bits per heavy atom. The number of thioether (sulfide) groups is 1. The minimum Gasteiger partial charge on any atom is -0.435 e. The summed E-state index contributed by atoms with van der Waals surface area (Å²) >= 11 is 1.59. The van der Waals surface area contributed by atoms with Crippen LogP contribution in [0.4, 0.5) is 8.78 Å². The Kier molecular flexibility index (Phi) is 6.61. The third-order valence-electron chi connectivity index (χ3n) is 3.54. The van der Waals surface area contributed by atoms with Crippen molar-refractivity contribution < 1.29 is 18.3 Å². The summed E-state index contributed by atoms with van der Waals surface area (Å²) in [5.74, 6) is 0.0170. The molecule has 0 saturated carbocycles. The normalized spacial score (nSPS) is 10.7. The first kappa shape index (κ1) is 18.3. The summed E-state index contributed by atoms with van der Waals surface area (Å²) in [6.45, 7) is -0.451. The van der Waals surface area contributed by atoms with E-state index in [2.05, 4.69) is 10.1 Å². The van der Waals surface area contributed by atoms with Crippen molar-refractivity contribution in [3.05, 3.63) is 59.2 Å². The number of carbonyl (C=O) groups excluding carboxylic acids is 1. The lowest BCUT2D eigenvalue weighted by molar-refractivity contribution is -0.0498. The van der Waals surface area contributed by atoms with Gasteiger partial charge in [-0.15, -0.1) is 11.8 Å². The molecule has 1 N–H and O–H groups in total. The highest BCUT2D eigenvalue weighted by molar-refractivity contribution is 7.98. The van der Waals surface area contributed by atoms with Crippen molar-refractivity contribution in [1.82, 2.24) is 5.32 Å². The number of carbonyl (C=O) groups is 1. The summed E-state index contributed by atoms with van der Waals surface area (Å²) in [4.78, 5) is 13.3. The van der Waals surface area contributed by atoms with Crippen molar-refractivity contribution in [2.45, 2.75) is 24.9 Å². The molecule has 24 heavy (non-hydrogen) atoms. The highest BCUT2D eigenvalue weighted by Gasteiger charge is 2.09. The van der Waals surface area contributed by atoms with Crippen LogP contribution in [-0.4, -0.2) is 25.3 Å². The monoisotopic (exact) mass is 351 g/mol. The Bertz CT molecular complexity index is 690. The van der Waals surface area contributed by atoms with Gasteiger partial charge >= 0.3 is 6.61 Å². The summed E-state index contributed by atoms with van der Waals surface area (Å²) in [5, 5.41) is 2.89. The number of hydrogen-bond acceptors (Lipinski definition) is 3. The van der Waals surface area contributed by atoms with E-state index in [1.54, 1.807) is 23.9 Å². The lowest BCUT2D eigenvalue weighted by atomic mass is 10.1. The van der Waals surface area contributed by atoms with Gasteiger partial charge in [-0.2, -0.15) is 8.78 Å². The van der Waals surface area contributed by atoms with Gasteiger partial charge in [0.15, 0.2) is 0 Å². The largest absolute Gasteiger partial charge is 0.435 e. The number of amides is 1. The van der Waals surface area contributed by atoms with Crippen LogP contribution in [0.2, 0.25) is 0 Å². The third-order valence-corrected chi connectivity index (χ3v) is 4.26. The third kappa shape index (κ3) is 5.23. The number of aryl methyl sites for hydroxylation is 1. The Labute approximate surface area is 144 Å². The van der Waals surface area contributed by atoms with Crippen LogP contribution in [0.25, 0.3) is 0 Å². The van der Waals surface area contributed by atoms with Crippen molar-refractivity contribution in [1.29, 1.82) is 0 Å². The van der Waals surface area contributed by atoms with Gasteiger partial charge in [0.05, 0.1) is 0 Å². The molecule has 0 spiro atoms. The molecule has 0 unspecified atom stereocenters. The van der Waals surface area contributed by atoms with E-state index in [4.69, 9.17) is 0 Å². The van der Waals surface area contributed by atoms with Gasteiger partial charge in [-0.05, 0) is 55.0 Å². The van der Waals surface area contributed by atoms with E-state index in [1.807, 2.05) is 31.4 Å². The summed E-state index contributed by atoms with van der Waals surface area (Å²) in [7, 11) is 0. The zero-order chi connectivity index (χ0) is 17.5. The van der Waals surface area contributed by atoms with E-state index >= 15 is 0 Å². The number of alkyl halides is 2. The Hall–Kier alpha value is -2.08. The zero-order valence-electron chi connectivity index (χ0n) is 13.5. The number of hydrogen-bond donors (Lipinski definition) is 1. The standard InChI is InChI=1S/C18H19F2NO2S/c1-12-3-8-15(24-2)11-16(12)17(22)21-10-9-13-4-6-14(7-5-13)23-18(19)20/h3-8,11,18H,9-10H2,1-2H3,(H,21,22). The summed E-state index contributed by atoms with van der Waals surface area (Å²) in [6, 6.07) is 12.2. The van der Waals surface area contributed by atoms with Gasteiger partial charge in [0.2, 0.25) is 0 Å². The van der Waals surface area contributed by atoms with Crippen molar-refractivity contribution in [3.63, 3.8) is 0 Å². The van der Waals surface area contributed by atoms with Crippen LogP contribution in [0.5, 0.6) is 5.75 Å². The van der Waals surface area contributed by atoms with Gasteiger partial charge in [-0.25, -0.2) is 0 Å². The van der Waals surface area contributed by atoms with Gasteiger partial charge in [0.25, 0.3) is 5.91 Å². The van der Waals surface area contributed by atoms with Crippen LogP contribution in [0.3, 0.4) is 0 Å². The first-order valence-electron chi connectivity index (χ1n) is 7.46. The predicted molar refractivity (Wildman–Crippen MR) is 92.1 cm³/mol. The number of rotatable bonds is 7. The SMILES string of the molecule is CSc1ccc(C)c(C(=O)NCCc2ccc(OC(F)F)cc2)c1. The predicted octanol–water partition coefficient (Wildman–Crippen LogP) is 4.29. The van der Waals surface area contributed by atoms with Gasteiger partial charge in [-0.3, -0.25) is 4.79 Å². The zero-order valence-corrected chi connectivity index (χ0v) is 14.3. The van der Waals surface area contributed by atoms with Gasteiger partial charge in [0, 0.05) is 17.0 Å². The highest BCUT2D eigenvalue weighted by Crippen LogP contribution is 2.19. The molecule has 2 rings (SSSR count). The molecule has 2 aromatic carbocycles. The molecule has 0 atom stereocenters. The van der Waals surface area contributed by atoms with Crippen molar-refractivity contribution in [3.8, 4) is 5.75 Å². The topological polar surface area (TPSA) is 38.3 Å². The minimum absolute atomic E-state index is 0.110. The summed E-state index contributed by atoms with van der Waals surface area (Å²) < 4.78 is 28.5.